The van der Waals surface area contributed by atoms with Crippen molar-refractivity contribution in [2.45, 2.75) is 12.6 Å². The standard InChI is InChI=1S/C25H21FN4O2/c26-20-12-5-4-10-18(20)22-19-11-6-7-16-13-14-30(23(16)19)25(32)24(29-22)28-21(31)15-27-17-8-2-1-3-9-17/h1-12,24,27H,13-15H2,(H,28,31). The van der Waals surface area contributed by atoms with E-state index in [1.54, 1.807) is 23.1 Å². The molecule has 5 rings (SSSR count). The number of rotatable bonds is 5. The average molecular weight is 428 g/mol. The Morgan fingerprint density at radius 3 is 2.56 bits per heavy atom. The van der Waals surface area contributed by atoms with E-state index in [9.17, 15) is 14.0 Å². The normalized spacial score (nSPS) is 16.8. The Balaban J connectivity index is 1.49. The summed E-state index contributed by atoms with van der Waals surface area (Å²) in [7, 11) is 0. The number of nitrogens with one attached hydrogen (secondary N) is 2. The number of benzene rings is 3. The van der Waals surface area contributed by atoms with E-state index in [4.69, 9.17) is 0 Å². The van der Waals surface area contributed by atoms with Gasteiger partial charge in [0.1, 0.15) is 5.82 Å². The van der Waals surface area contributed by atoms with Crippen LogP contribution in [0.5, 0.6) is 0 Å². The molecule has 160 valence electrons. The minimum absolute atomic E-state index is 0.0173. The highest BCUT2D eigenvalue weighted by Crippen LogP contribution is 2.36. The molecular formula is C25H21FN4O2. The molecule has 2 N–H and O–H groups in total. The van der Waals surface area contributed by atoms with E-state index in [0.717, 1.165) is 16.9 Å². The van der Waals surface area contributed by atoms with Crippen molar-refractivity contribution in [3.8, 4) is 0 Å². The Morgan fingerprint density at radius 1 is 1.00 bits per heavy atom. The smallest absolute Gasteiger partial charge is 0.272 e. The SMILES string of the molecule is O=C(CNc1ccccc1)NC1N=C(c2ccccc2F)c2cccc3c2N(CC3)C1=O. The fourth-order valence-electron chi connectivity index (χ4n) is 4.17. The highest BCUT2D eigenvalue weighted by Gasteiger charge is 2.37. The van der Waals surface area contributed by atoms with Crippen LogP contribution in [-0.2, 0) is 16.0 Å². The zero-order chi connectivity index (χ0) is 22.1. The van der Waals surface area contributed by atoms with Crippen molar-refractivity contribution in [3.63, 3.8) is 0 Å². The third kappa shape index (κ3) is 3.62. The van der Waals surface area contributed by atoms with Crippen LogP contribution < -0.4 is 15.5 Å². The summed E-state index contributed by atoms with van der Waals surface area (Å²) in [6.45, 7) is 0.483. The molecule has 0 bridgehead atoms. The molecule has 2 aliphatic heterocycles. The number of amides is 2. The average Bonchev–Trinajstić information content (AvgIpc) is 3.21. The maximum Gasteiger partial charge on any atom is 0.272 e. The van der Waals surface area contributed by atoms with Gasteiger partial charge in [0, 0.05) is 23.4 Å². The van der Waals surface area contributed by atoms with Crippen molar-refractivity contribution in [2.75, 3.05) is 23.3 Å². The lowest BCUT2D eigenvalue weighted by Crippen LogP contribution is -2.48. The molecule has 0 spiro atoms. The molecule has 0 aromatic heterocycles. The quantitative estimate of drug-likeness (QED) is 0.656. The third-order valence-corrected chi connectivity index (χ3v) is 5.66. The summed E-state index contributed by atoms with van der Waals surface area (Å²) in [6.07, 6.45) is -0.441. The molecule has 2 aliphatic rings. The van der Waals surface area contributed by atoms with Crippen molar-refractivity contribution in [1.29, 1.82) is 0 Å². The maximum absolute atomic E-state index is 14.7. The molecule has 0 aliphatic carbocycles. The van der Waals surface area contributed by atoms with Crippen molar-refractivity contribution in [3.05, 3.63) is 95.3 Å². The molecule has 6 nitrogen and oxygen atoms in total. The van der Waals surface area contributed by atoms with Crippen LogP contribution in [0.2, 0.25) is 0 Å². The molecule has 2 amide bonds. The number of halogens is 1. The maximum atomic E-state index is 14.7. The van der Waals surface area contributed by atoms with Crippen molar-refractivity contribution in [2.24, 2.45) is 4.99 Å². The third-order valence-electron chi connectivity index (χ3n) is 5.66. The molecule has 0 radical (unpaired) electrons. The van der Waals surface area contributed by atoms with Gasteiger partial charge >= 0.3 is 0 Å². The summed E-state index contributed by atoms with van der Waals surface area (Å²) in [6, 6.07) is 21.3. The Morgan fingerprint density at radius 2 is 1.75 bits per heavy atom. The first-order valence-corrected chi connectivity index (χ1v) is 10.5. The van der Waals surface area contributed by atoms with Crippen LogP contribution >= 0.6 is 0 Å². The van der Waals surface area contributed by atoms with Gasteiger partial charge in [-0.15, -0.1) is 0 Å². The van der Waals surface area contributed by atoms with Gasteiger partial charge < -0.3 is 15.5 Å². The second-order valence-electron chi connectivity index (χ2n) is 7.70. The number of aliphatic imine (C=N–C) groups is 1. The van der Waals surface area contributed by atoms with Gasteiger partial charge in [-0.05, 0) is 36.2 Å². The summed E-state index contributed by atoms with van der Waals surface area (Å²) in [5.41, 5.74) is 3.90. The van der Waals surface area contributed by atoms with Crippen LogP contribution in [0.4, 0.5) is 15.8 Å². The lowest BCUT2D eigenvalue weighted by Gasteiger charge is -2.21. The number of carbonyl (C=O) groups excluding carboxylic acids is 2. The fraction of sp³-hybridized carbons (Fsp3) is 0.160. The molecule has 1 unspecified atom stereocenters. The highest BCUT2D eigenvalue weighted by atomic mass is 19.1. The summed E-state index contributed by atoms with van der Waals surface area (Å²) in [5.74, 6) is -1.14. The van der Waals surface area contributed by atoms with Crippen molar-refractivity contribution >= 4 is 28.9 Å². The molecule has 1 atom stereocenters. The minimum atomic E-state index is -1.15. The molecule has 3 aromatic rings. The topological polar surface area (TPSA) is 73.8 Å². The van der Waals surface area contributed by atoms with E-state index >= 15 is 0 Å². The Labute approximate surface area is 184 Å². The first-order chi connectivity index (χ1) is 15.6. The number of para-hydroxylation sites is 2. The number of hydrogen-bond donors (Lipinski definition) is 2. The zero-order valence-electron chi connectivity index (χ0n) is 17.2. The second kappa shape index (κ2) is 8.26. The van der Waals surface area contributed by atoms with Crippen LogP contribution in [-0.4, -0.2) is 36.8 Å². The second-order valence-corrected chi connectivity index (χ2v) is 7.70. The lowest BCUT2D eigenvalue weighted by atomic mass is 9.98. The predicted octanol–water partition coefficient (Wildman–Crippen LogP) is 3.12. The van der Waals surface area contributed by atoms with Crippen LogP contribution in [0.1, 0.15) is 16.7 Å². The number of nitrogens with zero attached hydrogens (tertiary/aromatic N) is 2. The fourth-order valence-corrected chi connectivity index (χ4v) is 4.17. The first-order valence-electron chi connectivity index (χ1n) is 10.5. The van der Waals surface area contributed by atoms with Crippen molar-refractivity contribution < 1.29 is 14.0 Å². The number of anilines is 2. The molecule has 0 saturated carbocycles. The van der Waals surface area contributed by atoms with E-state index in [0.29, 0.717) is 29.8 Å². The minimum Gasteiger partial charge on any atom is -0.376 e. The van der Waals surface area contributed by atoms with Gasteiger partial charge in [0.2, 0.25) is 12.1 Å². The van der Waals surface area contributed by atoms with Gasteiger partial charge in [-0.25, -0.2) is 9.38 Å². The van der Waals surface area contributed by atoms with Crippen LogP contribution in [0.15, 0.2) is 77.8 Å². The summed E-state index contributed by atoms with van der Waals surface area (Å²) >= 11 is 0. The van der Waals surface area contributed by atoms with Gasteiger partial charge in [-0.3, -0.25) is 9.59 Å². The molecule has 7 heteroatoms. The van der Waals surface area contributed by atoms with Crippen LogP contribution in [0.3, 0.4) is 0 Å². The summed E-state index contributed by atoms with van der Waals surface area (Å²) < 4.78 is 14.7. The molecule has 0 saturated heterocycles. The first kappa shape index (κ1) is 19.9. The zero-order valence-corrected chi connectivity index (χ0v) is 17.2. The van der Waals surface area contributed by atoms with Crippen LogP contribution in [0.25, 0.3) is 0 Å². The highest BCUT2D eigenvalue weighted by molar-refractivity contribution is 6.21. The van der Waals surface area contributed by atoms with E-state index in [-0.39, 0.29) is 18.4 Å². The molecule has 0 fully saturated rings. The summed E-state index contributed by atoms with van der Waals surface area (Å²) in [5, 5.41) is 5.74. The van der Waals surface area contributed by atoms with Crippen molar-refractivity contribution in [1.82, 2.24) is 5.32 Å². The molecular weight excluding hydrogens is 407 g/mol. The monoisotopic (exact) mass is 428 g/mol. The summed E-state index contributed by atoms with van der Waals surface area (Å²) in [4.78, 5) is 32.2. The molecule has 32 heavy (non-hydrogen) atoms. The van der Waals surface area contributed by atoms with Gasteiger partial charge in [0.05, 0.1) is 17.9 Å². The van der Waals surface area contributed by atoms with Gasteiger partial charge in [-0.1, -0.05) is 48.5 Å². The molecule has 3 aromatic carbocycles. The Hall–Kier alpha value is -4.00. The van der Waals surface area contributed by atoms with Gasteiger partial charge in [-0.2, -0.15) is 0 Å². The van der Waals surface area contributed by atoms with E-state index in [1.165, 1.54) is 6.07 Å². The number of hydrogen-bond acceptors (Lipinski definition) is 4. The van der Waals surface area contributed by atoms with E-state index in [1.807, 2.05) is 48.5 Å². The Kier molecular flexibility index (Phi) is 5.15. The lowest BCUT2D eigenvalue weighted by molar-refractivity contribution is -0.126. The largest absolute Gasteiger partial charge is 0.376 e. The molecule has 2 heterocycles. The Bertz CT molecular complexity index is 1230. The number of carbonyl (C=O) groups is 2. The van der Waals surface area contributed by atoms with Gasteiger partial charge in [0.15, 0.2) is 0 Å². The van der Waals surface area contributed by atoms with E-state index < -0.39 is 12.0 Å². The van der Waals surface area contributed by atoms with E-state index in [2.05, 4.69) is 15.6 Å². The van der Waals surface area contributed by atoms with Crippen LogP contribution in [0, 0.1) is 5.82 Å². The predicted molar refractivity (Wildman–Crippen MR) is 121 cm³/mol. The van der Waals surface area contributed by atoms with Gasteiger partial charge in [0.25, 0.3) is 5.91 Å².